The van der Waals surface area contributed by atoms with Crippen molar-refractivity contribution < 1.29 is 0 Å². The Morgan fingerprint density at radius 3 is 2.79 bits per heavy atom. The maximum Gasteiger partial charge on any atom is 0.132 e. The van der Waals surface area contributed by atoms with E-state index < -0.39 is 0 Å². The molecule has 0 fully saturated rings. The highest BCUT2D eigenvalue weighted by Gasteiger charge is 2.20. The molecule has 0 aliphatic rings. The van der Waals surface area contributed by atoms with E-state index in [1.54, 1.807) is 0 Å². The Kier molecular flexibility index (Phi) is 4.68. The highest BCUT2D eigenvalue weighted by atomic mass is 15.1. The van der Waals surface area contributed by atoms with Crippen molar-refractivity contribution in [3.05, 3.63) is 47.8 Å². The lowest BCUT2D eigenvalue weighted by Gasteiger charge is -2.19. The molecule has 1 atom stereocenters. The quantitative estimate of drug-likeness (QED) is 0.866. The molecule has 0 saturated carbocycles. The number of imidazole rings is 1. The summed E-state index contributed by atoms with van der Waals surface area (Å²) in [7, 11) is 1.96. The van der Waals surface area contributed by atoms with Crippen LogP contribution in [0.1, 0.15) is 43.4 Å². The molecule has 0 saturated heterocycles. The Bertz CT molecular complexity index is 518. The highest BCUT2D eigenvalue weighted by Crippen LogP contribution is 2.22. The van der Waals surface area contributed by atoms with Crippen molar-refractivity contribution in [3.8, 4) is 0 Å². The minimum absolute atomic E-state index is 0.0534. The molecular formula is C15H22N4. The van der Waals surface area contributed by atoms with Crippen LogP contribution in [0.15, 0.2) is 30.7 Å². The van der Waals surface area contributed by atoms with Crippen molar-refractivity contribution >= 4 is 0 Å². The van der Waals surface area contributed by atoms with Crippen LogP contribution in [0.25, 0.3) is 0 Å². The van der Waals surface area contributed by atoms with E-state index in [9.17, 15) is 0 Å². The average molecular weight is 258 g/mol. The fourth-order valence-corrected chi connectivity index (χ4v) is 2.41. The Hall–Kier alpha value is -1.68. The fourth-order valence-electron chi connectivity index (χ4n) is 2.41. The van der Waals surface area contributed by atoms with E-state index in [1.807, 2.05) is 31.7 Å². The summed E-state index contributed by atoms with van der Waals surface area (Å²) < 4.78 is 2.20. The summed E-state index contributed by atoms with van der Waals surface area (Å²) in [5, 5.41) is 3.35. The van der Waals surface area contributed by atoms with Crippen LogP contribution in [-0.2, 0) is 13.0 Å². The average Bonchev–Trinajstić information content (AvgIpc) is 2.89. The number of hydrogen-bond acceptors (Lipinski definition) is 3. The van der Waals surface area contributed by atoms with E-state index in [2.05, 4.69) is 39.8 Å². The molecule has 1 unspecified atom stereocenters. The van der Waals surface area contributed by atoms with Crippen molar-refractivity contribution in [3.63, 3.8) is 0 Å². The van der Waals surface area contributed by atoms with Gasteiger partial charge in [0.15, 0.2) is 0 Å². The van der Waals surface area contributed by atoms with Gasteiger partial charge in [-0.1, -0.05) is 19.9 Å². The molecule has 2 heterocycles. The van der Waals surface area contributed by atoms with Crippen LogP contribution in [0.3, 0.4) is 0 Å². The lowest BCUT2D eigenvalue weighted by Crippen LogP contribution is -2.24. The van der Waals surface area contributed by atoms with Crippen LogP contribution in [-0.4, -0.2) is 21.6 Å². The van der Waals surface area contributed by atoms with E-state index >= 15 is 0 Å². The molecule has 0 bridgehead atoms. The molecule has 19 heavy (non-hydrogen) atoms. The lowest BCUT2D eigenvalue weighted by atomic mass is 10.0. The normalized spacial score (nSPS) is 12.6. The number of aryl methyl sites for hydroxylation is 2. The Labute approximate surface area is 114 Å². The lowest BCUT2D eigenvalue weighted by molar-refractivity contribution is 0.556. The van der Waals surface area contributed by atoms with Gasteiger partial charge in [-0.3, -0.25) is 4.98 Å². The van der Waals surface area contributed by atoms with Gasteiger partial charge in [0.1, 0.15) is 11.9 Å². The van der Waals surface area contributed by atoms with E-state index in [4.69, 9.17) is 0 Å². The zero-order chi connectivity index (χ0) is 13.7. The molecule has 0 aromatic carbocycles. The van der Waals surface area contributed by atoms with Crippen molar-refractivity contribution in [2.24, 2.45) is 0 Å². The number of nitrogens with one attached hydrogen (secondary N) is 1. The van der Waals surface area contributed by atoms with Gasteiger partial charge in [0.2, 0.25) is 0 Å². The van der Waals surface area contributed by atoms with Crippen molar-refractivity contribution in [1.82, 2.24) is 19.9 Å². The summed E-state index contributed by atoms with van der Waals surface area (Å²) in [6.07, 6.45) is 7.84. The van der Waals surface area contributed by atoms with Gasteiger partial charge in [-0.2, -0.15) is 0 Å². The van der Waals surface area contributed by atoms with Crippen molar-refractivity contribution in [2.45, 2.75) is 39.3 Å². The zero-order valence-electron chi connectivity index (χ0n) is 11.9. The molecular weight excluding hydrogens is 236 g/mol. The topological polar surface area (TPSA) is 42.7 Å². The summed E-state index contributed by atoms with van der Waals surface area (Å²) in [5.41, 5.74) is 2.35. The second kappa shape index (κ2) is 6.48. The van der Waals surface area contributed by atoms with Crippen LogP contribution >= 0.6 is 0 Å². The minimum atomic E-state index is 0.0534. The number of rotatable bonds is 6. The predicted molar refractivity (Wildman–Crippen MR) is 77.0 cm³/mol. The van der Waals surface area contributed by atoms with Gasteiger partial charge in [-0.05, 0) is 31.5 Å². The van der Waals surface area contributed by atoms with E-state index in [-0.39, 0.29) is 6.04 Å². The molecule has 2 aromatic heterocycles. The maximum absolute atomic E-state index is 4.56. The van der Waals surface area contributed by atoms with Gasteiger partial charge in [0, 0.05) is 25.1 Å². The maximum atomic E-state index is 4.56. The fraction of sp³-hybridized carbons (Fsp3) is 0.467. The SMILES string of the molecule is CCCn1ccnc1C(NC)c1ncccc1CC. The van der Waals surface area contributed by atoms with Gasteiger partial charge in [0.25, 0.3) is 0 Å². The number of pyridine rings is 1. The third-order valence-corrected chi connectivity index (χ3v) is 3.34. The van der Waals surface area contributed by atoms with Gasteiger partial charge in [0.05, 0.1) is 5.69 Å². The van der Waals surface area contributed by atoms with Gasteiger partial charge < -0.3 is 9.88 Å². The molecule has 102 valence electrons. The van der Waals surface area contributed by atoms with Crippen LogP contribution in [0, 0.1) is 0 Å². The summed E-state index contributed by atoms with van der Waals surface area (Å²) in [5.74, 6) is 1.04. The van der Waals surface area contributed by atoms with Crippen LogP contribution in [0.4, 0.5) is 0 Å². The number of hydrogen-bond donors (Lipinski definition) is 1. The van der Waals surface area contributed by atoms with Gasteiger partial charge >= 0.3 is 0 Å². The Morgan fingerprint density at radius 2 is 2.11 bits per heavy atom. The van der Waals surface area contributed by atoms with Crippen molar-refractivity contribution in [1.29, 1.82) is 0 Å². The standard InChI is InChI=1S/C15H22N4/c1-4-10-19-11-9-18-15(19)14(16-3)13-12(5-2)7-6-8-17-13/h6-9,11,14,16H,4-5,10H2,1-3H3. The molecule has 2 rings (SSSR count). The Morgan fingerprint density at radius 1 is 1.26 bits per heavy atom. The summed E-state index contributed by atoms with van der Waals surface area (Å²) >= 11 is 0. The van der Waals surface area contributed by atoms with Gasteiger partial charge in [-0.25, -0.2) is 4.98 Å². The van der Waals surface area contributed by atoms with Crippen LogP contribution < -0.4 is 5.32 Å². The minimum Gasteiger partial charge on any atom is -0.333 e. The van der Waals surface area contributed by atoms with Crippen molar-refractivity contribution in [2.75, 3.05) is 7.05 Å². The first-order valence-electron chi connectivity index (χ1n) is 6.93. The summed E-state index contributed by atoms with van der Waals surface area (Å²) in [4.78, 5) is 9.08. The molecule has 0 spiro atoms. The zero-order valence-corrected chi connectivity index (χ0v) is 11.9. The highest BCUT2D eigenvalue weighted by molar-refractivity contribution is 5.27. The number of aromatic nitrogens is 3. The Balaban J connectivity index is 2.41. The second-order valence-corrected chi connectivity index (χ2v) is 4.60. The van der Waals surface area contributed by atoms with E-state index in [0.717, 1.165) is 30.9 Å². The molecule has 0 amide bonds. The first-order valence-corrected chi connectivity index (χ1v) is 6.93. The molecule has 0 aliphatic heterocycles. The monoisotopic (exact) mass is 258 g/mol. The van der Waals surface area contributed by atoms with E-state index in [0.29, 0.717) is 0 Å². The molecule has 4 heteroatoms. The largest absolute Gasteiger partial charge is 0.333 e. The first-order chi connectivity index (χ1) is 9.31. The molecule has 1 N–H and O–H groups in total. The predicted octanol–water partition coefficient (Wildman–Crippen LogP) is 2.56. The molecule has 0 radical (unpaired) electrons. The van der Waals surface area contributed by atoms with Gasteiger partial charge in [-0.15, -0.1) is 0 Å². The number of nitrogens with zero attached hydrogens (tertiary/aromatic N) is 3. The third-order valence-electron chi connectivity index (χ3n) is 3.34. The van der Waals surface area contributed by atoms with Crippen LogP contribution in [0.5, 0.6) is 0 Å². The van der Waals surface area contributed by atoms with Crippen LogP contribution in [0.2, 0.25) is 0 Å². The van der Waals surface area contributed by atoms with E-state index in [1.165, 1.54) is 5.56 Å². The molecule has 2 aromatic rings. The second-order valence-electron chi connectivity index (χ2n) is 4.60. The molecule has 4 nitrogen and oxygen atoms in total. The summed E-state index contributed by atoms with van der Waals surface area (Å²) in [6, 6.07) is 4.19. The smallest absolute Gasteiger partial charge is 0.132 e. The molecule has 0 aliphatic carbocycles. The third kappa shape index (κ3) is 2.84. The first kappa shape index (κ1) is 13.7. The summed E-state index contributed by atoms with van der Waals surface area (Å²) in [6.45, 7) is 5.32.